The quantitative estimate of drug-likeness (QED) is 0.158. The van der Waals surface area contributed by atoms with E-state index >= 15 is 14.4 Å². The molecule has 2 bridgehead atoms. The van der Waals surface area contributed by atoms with Crippen LogP contribution in [0.4, 0.5) is 18.9 Å². The van der Waals surface area contributed by atoms with Gasteiger partial charge in [-0.3, -0.25) is 14.4 Å². The number of fused-ring (bicyclic) bond motifs is 5. The number of nitrogens with zero attached hydrogens (tertiary/aromatic N) is 1. The molecule has 0 radical (unpaired) electrons. The Bertz CT molecular complexity index is 2160. The van der Waals surface area contributed by atoms with Crippen LogP contribution in [0.2, 0.25) is 5.02 Å². The maximum Gasteiger partial charge on any atom is 0.416 e. The summed E-state index contributed by atoms with van der Waals surface area (Å²) in [5, 5.41) is -0.213. The highest BCUT2D eigenvalue weighted by atomic mass is 35.5. The average molecular weight is 720 g/mol. The Morgan fingerprint density at radius 3 is 1.42 bits per heavy atom. The monoisotopic (exact) mass is 719 g/mol. The summed E-state index contributed by atoms with van der Waals surface area (Å²) in [5.74, 6) is -3.57. The SMILES string of the molecule is COc1ccc(C2=C(c3ccc(OC)cc3)[C@@]3(c4ccccc4)C(=O)[C@@]2(c2ccccc2)[C@H]2C(=O)N(c4cc(C(F)(F)F)ccc4Cl)C(=O)[C@@H]23)cc1. The number of ether oxygens (including phenoxy) is 2. The lowest BCUT2D eigenvalue weighted by Crippen LogP contribution is -2.45. The number of alkyl halides is 3. The van der Waals surface area contributed by atoms with Gasteiger partial charge in [0, 0.05) is 0 Å². The van der Waals surface area contributed by atoms with Gasteiger partial charge in [-0.1, -0.05) is 96.5 Å². The molecule has 0 unspecified atom stereocenters. The average Bonchev–Trinajstić information content (AvgIpc) is 3.67. The standard InChI is InChI=1S/C42H29ClF3NO5/c1-51-29-18-13-24(14-19-29)33-34(25-15-20-30(52-2)21-16-25)41(27-11-7-4-8-12-27)36-35(40(33,39(41)50)26-9-5-3-6-10-26)37(48)47(38(36)49)32-23-28(42(44,45)46)17-22-31(32)43/h3-23,35-36H,1-2H3/t35-,36-,40-,41-/m1/s1. The van der Waals surface area contributed by atoms with Crippen LogP contribution in [0.15, 0.2) is 127 Å². The zero-order valence-electron chi connectivity index (χ0n) is 27.8. The second-order valence-electron chi connectivity index (χ2n) is 13.0. The molecule has 0 N–H and O–H groups in total. The third-order valence-corrected chi connectivity index (χ3v) is 11.0. The first-order valence-corrected chi connectivity index (χ1v) is 16.8. The smallest absolute Gasteiger partial charge is 0.416 e. The number of amides is 2. The van der Waals surface area contributed by atoms with Gasteiger partial charge in [0.1, 0.15) is 11.5 Å². The maximum atomic E-state index is 16.0. The van der Waals surface area contributed by atoms with Crippen LogP contribution in [0.1, 0.15) is 27.8 Å². The third kappa shape index (κ3) is 4.41. The number of allylic oxidation sites excluding steroid dienone is 2. The largest absolute Gasteiger partial charge is 0.497 e. The van der Waals surface area contributed by atoms with Crippen LogP contribution in [0.25, 0.3) is 11.1 Å². The van der Waals surface area contributed by atoms with E-state index in [1.807, 2.05) is 24.3 Å². The number of rotatable bonds is 7. The van der Waals surface area contributed by atoms with Crippen molar-refractivity contribution in [2.24, 2.45) is 11.8 Å². The Labute approximate surface area is 302 Å². The van der Waals surface area contributed by atoms with Crippen molar-refractivity contribution in [1.82, 2.24) is 0 Å². The predicted molar refractivity (Wildman–Crippen MR) is 190 cm³/mol. The van der Waals surface area contributed by atoms with E-state index in [2.05, 4.69) is 0 Å². The summed E-state index contributed by atoms with van der Waals surface area (Å²) in [6, 6.07) is 34.5. The first kappa shape index (κ1) is 33.5. The number of hydrogen-bond donors (Lipinski definition) is 0. The molecule has 6 nitrogen and oxygen atoms in total. The van der Waals surface area contributed by atoms with Crippen molar-refractivity contribution in [3.63, 3.8) is 0 Å². The lowest BCUT2D eigenvalue weighted by atomic mass is 9.59. The Kier molecular flexibility index (Phi) is 7.69. The van der Waals surface area contributed by atoms with Crippen molar-refractivity contribution in [3.05, 3.63) is 160 Å². The van der Waals surface area contributed by atoms with Gasteiger partial charge in [-0.05, 0) is 75.9 Å². The summed E-state index contributed by atoms with van der Waals surface area (Å²) in [6.45, 7) is 0. The lowest BCUT2D eigenvalue weighted by molar-refractivity contribution is -0.137. The maximum absolute atomic E-state index is 16.0. The van der Waals surface area contributed by atoms with Crippen molar-refractivity contribution in [1.29, 1.82) is 0 Å². The van der Waals surface area contributed by atoms with Gasteiger partial charge >= 0.3 is 6.18 Å². The number of carbonyl (C=O) groups excluding carboxylic acids is 3. The molecular formula is C42H29ClF3NO5. The Morgan fingerprint density at radius 1 is 0.615 bits per heavy atom. The van der Waals surface area contributed by atoms with Crippen LogP contribution in [-0.2, 0) is 31.4 Å². The molecule has 5 aromatic rings. The van der Waals surface area contributed by atoms with Gasteiger partial charge in [-0.2, -0.15) is 13.2 Å². The van der Waals surface area contributed by atoms with E-state index < -0.39 is 51.9 Å². The molecule has 4 atom stereocenters. The van der Waals surface area contributed by atoms with Crippen molar-refractivity contribution in [3.8, 4) is 11.5 Å². The fraction of sp³-hybridized carbons (Fsp3) is 0.167. The second kappa shape index (κ2) is 12.0. The van der Waals surface area contributed by atoms with Crippen LogP contribution >= 0.6 is 11.6 Å². The molecule has 10 heteroatoms. The van der Waals surface area contributed by atoms with E-state index in [1.54, 1.807) is 84.9 Å². The minimum absolute atomic E-state index is 0.213. The number of Topliss-reactive ketones (excluding diaryl/α,β-unsaturated/α-hetero) is 1. The summed E-state index contributed by atoms with van der Waals surface area (Å²) in [7, 11) is 3.07. The molecule has 2 aliphatic carbocycles. The molecule has 2 amide bonds. The van der Waals surface area contributed by atoms with Gasteiger partial charge < -0.3 is 9.47 Å². The molecule has 1 aliphatic heterocycles. The summed E-state index contributed by atoms with van der Waals surface area (Å²) in [5.41, 5.74) is -1.80. The minimum atomic E-state index is -4.78. The number of ketones is 1. The number of imide groups is 1. The topological polar surface area (TPSA) is 72.9 Å². The number of anilines is 1. The van der Waals surface area contributed by atoms with Crippen molar-refractivity contribution in [2.45, 2.75) is 17.0 Å². The van der Waals surface area contributed by atoms with E-state index in [9.17, 15) is 13.2 Å². The molecule has 0 aromatic heterocycles. The summed E-state index contributed by atoms with van der Waals surface area (Å²) < 4.78 is 53.1. The number of carbonyl (C=O) groups is 3. The Morgan fingerprint density at radius 2 is 1.04 bits per heavy atom. The van der Waals surface area contributed by atoms with Gasteiger partial charge in [0.25, 0.3) is 0 Å². The first-order chi connectivity index (χ1) is 25.0. The van der Waals surface area contributed by atoms with Gasteiger partial charge in [0.2, 0.25) is 11.8 Å². The fourth-order valence-corrected chi connectivity index (χ4v) is 8.94. The predicted octanol–water partition coefficient (Wildman–Crippen LogP) is 8.56. The summed E-state index contributed by atoms with van der Waals surface area (Å²) >= 11 is 6.53. The number of methoxy groups -OCH3 is 2. The highest BCUT2D eigenvalue weighted by Gasteiger charge is 2.82. The zero-order chi connectivity index (χ0) is 36.6. The van der Waals surface area contributed by atoms with E-state index in [0.717, 1.165) is 23.1 Å². The van der Waals surface area contributed by atoms with Gasteiger partial charge in [-0.15, -0.1) is 0 Å². The lowest BCUT2D eigenvalue weighted by Gasteiger charge is -2.39. The van der Waals surface area contributed by atoms with Gasteiger partial charge in [-0.25, -0.2) is 4.90 Å². The highest BCUT2D eigenvalue weighted by Crippen LogP contribution is 2.74. The molecular weight excluding hydrogens is 691 g/mol. The van der Waals surface area contributed by atoms with Crippen LogP contribution in [0.3, 0.4) is 0 Å². The minimum Gasteiger partial charge on any atom is -0.497 e. The summed E-state index contributed by atoms with van der Waals surface area (Å²) in [6.07, 6.45) is -4.78. The molecule has 2 fully saturated rings. The van der Waals surface area contributed by atoms with Crippen LogP contribution in [0, 0.1) is 11.8 Å². The van der Waals surface area contributed by atoms with Crippen LogP contribution in [-0.4, -0.2) is 31.8 Å². The fourth-order valence-electron chi connectivity index (χ4n) is 8.74. The van der Waals surface area contributed by atoms with E-state index in [-0.39, 0.29) is 10.8 Å². The number of benzene rings is 5. The molecule has 3 aliphatic rings. The molecule has 5 aromatic carbocycles. The normalized spacial score (nSPS) is 23.7. The first-order valence-electron chi connectivity index (χ1n) is 16.5. The van der Waals surface area contributed by atoms with Gasteiger partial charge in [0.05, 0.1) is 53.2 Å². The van der Waals surface area contributed by atoms with E-state index in [0.29, 0.717) is 44.9 Å². The highest BCUT2D eigenvalue weighted by molar-refractivity contribution is 6.41. The number of hydrogen-bond acceptors (Lipinski definition) is 5. The van der Waals surface area contributed by atoms with Crippen molar-refractivity contribution < 1.29 is 37.0 Å². The Balaban J connectivity index is 1.52. The second-order valence-corrected chi connectivity index (χ2v) is 13.4. The van der Waals surface area contributed by atoms with Crippen molar-refractivity contribution >= 4 is 46.0 Å². The van der Waals surface area contributed by atoms with E-state index in [1.165, 1.54) is 14.2 Å². The summed E-state index contributed by atoms with van der Waals surface area (Å²) in [4.78, 5) is 47.1. The molecule has 52 heavy (non-hydrogen) atoms. The van der Waals surface area contributed by atoms with Crippen molar-refractivity contribution in [2.75, 3.05) is 19.1 Å². The molecule has 1 heterocycles. The Hall–Kier alpha value is -5.67. The molecule has 8 rings (SSSR count). The molecule has 0 spiro atoms. The van der Waals surface area contributed by atoms with Gasteiger partial charge in [0.15, 0.2) is 5.78 Å². The van der Waals surface area contributed by atoms with Crippen LogP contribution in [0.5, 0.6) is 11.5 Å². The molecule has 260 valence electrons. The van der Waals surface area contributed by atoms with Crippen LogP contribution < -0.4 is 14.4 Å². The number of halogens is 4. The molecule has 1 saturated carbocycles. The zero-order valence-corrected chi connectivity index (χ0v) is 28.5. The molecule has 1 saturated heterocycles. The third-order valence-electron chi connectivity index (χ3n) is 10.7. The van der Waals surface area contributed by atoms with E-state index in [4.69, 9.17) is 21.1 Å².